The van der Waals surface area contributed by atoms with Gasteiger partial charge < -0.3 is 15.0 Å². The Labute approximate surface area is 204 Å². The van der Waals surface area contributed by atoms with Crippen molar-refractivity contribution in [1.29, 1.82) is 0 Å². The van der Waals surface area contributed by atoms with Crippen molar-refractivity contribution in [3.05, 3.63) is 96.6 Å². The fraction of sp³-hybridized carbons (Fsp3) is 0.320. The van der Waals surface area contributed by atoms with Gasteiger partial charge in [0, 0.05) is 16.0 Å². The van der Waals surface area contributed by atoms with Crippen LogP contribution in [0.4, 0.5) is 0 Å². The molecule has 33 heavy (non-hydrogen) atoms. The van der Waals surface area contributed by atoms with E-state index in [1.54, 1.807) is 24.3 Å². The lowest BCUT2D eigenvalue weighted by Crippen LogP contribution is -2.36. The quantitative estimate of drug-likeness (QED) is 0.529. The van der Waals surface area contributed by atoms with Crippen molar-refractivity contribution in [3.8, 4) is 0 Å². The Morgan fingerprint density at radius 1 is 1.21 bits per heavy atom. The average molecular weight is 529 g/mol. The van der Waals surface area contributed by atoms with Gasteiger partial charge >= 0.3 is 0 Å². The van der Waals surface area contributed by atoms with Crippen molar-refractivity contribution in [2.75, 3.05) is 6.54 Å². The number of nitrogens with zero attached hydrogens (tertiary/aromatic N) is 2. The van der Waals surface area contributed by atoms with Crippen LogP contribution in [-0.4, -0.2) is 32.4 Å². The number of hydrogen-bond donors (Lipinski definition) is 2. The summed E-state index contributed by atoms with van der Waals surface area (Å²) < 4.78 is 0.996. The third-order valence-electron chi connectivity index (χ3n) is 6.58. The monoisotopic (exact) mass is 527 g/mol. The summed E-state index contributed by atoms with van der Waals surface area (Å²) in [6, 6.07) is 14.8. The Balaban J connectivity index is 1.43. The van der Waals surface area contributed by atoms with Gasteiger partial charge in [-0.1, -0.05) is 51.8 Å². The summed E-state index contributed by atoms with van der Waals surface area (Å²) in [7, 11) is 0. The first-order chi connectivity index (χ1) is 15.9. The van der Waals surface area contributed by atoms with Crippen molar-refractivity contribution in [2.24, 2.45) is 0 Å². The standard InChI is InChI=1S/C25H23BrClN3O3/c26-17-6-2-5-16(13-17)25(9-10-25)24-28-20-8-3-11-30(14-19(20)22(32)29-24)23(33)21(31)15-4-1-7-18(27)12-15/h1-2,4-7,12-13,21,31H,3,8-11,14H2,(H,28,29,32). The van der Waals surface area contributed by atoms with Gasteiger partial charge in [-0.15, -0.1) is 0 Å². The maximum atomic E-state index is 13.1. The van der Waals surface area contributed by atoms with E-state index in [2.05, 4.69) is 33.0 Å². The van der Waals surface area contributed by atoms with Crippen LogP contribution in [0.2, 0.25) is 5.02 Å². The van der Waals surface area contributed by atoms with Gasteiger partial charge in [-0.3, -0.25) is 9.59 Å². The molecule has 6 nitrogen and oxygen atoms in total. The summed E-state index contributed by atoms with van der Waals surface area (Å²) in [5, 5.41) is 11.1. The van der Waals surface area contributed by atoms with Crippen molar-refractivity contribution >= 4 is 33.4 Å². The molecule has 0 spiro atoms. The minimum atomic E-state index is -1.33. The molecule has 0 radical (unpaired) electrons. The summed E-state index contributed by atoms with van der Waals surface area (Å²) in [4.78, 5) is 35.6. The SMILES string of the molecule is O=C(C(O)c1cccc(Cl)c1)N1CCCc2nc(C3(c4cccc(Br)c4)CC3)[nH]c(=O)c2C1. The van der Waals surface area contributed by atoms with Crippen LogP contribution in [0.25, 0.3) is 0 Å². The number of aromatic nitrogens is 2. The molecule has 0 saturated heterocycles. The molecule has 1 aliphatic carbocycles. The number of aliphatic hydroxyl groups is 1. The van der Waals surface area contributed by atoms with Crippen LogP contribution in [0, 0.1) is 0 Å². The number of nitrogens with one attached hydrogen (secondary N) is 1. The predicted molar refractivity (Wildman–Crippen MR) is 129 cm³/mol. The second-order valence-electron chi connectivity index (χ2n) is 8.75. The number of aryl methyl sites for hydroxylation is 1. The van der Waals surface area contributed by atoms with Gasteiger partial charge in [0.1, 0.15) is 5.82 Å². The van der Waals surface area contributed by atoms with E-state index in [1.807, 2.05) is 12.1 Å². The van der Waals surface area contributed by atoms with Gasteiger partial charge in [0.05, 0.1) is 23.2 Å². The van der Waals surface area contributed by atoms with Crippen LogP contribution in [-0.2, 0) is 23.2 Å². The normalized spacial score (nSPS) is 17.7. The van der Waals surface area contributed by atoms with E-state index >= 15 is 0 Å². The number of aliphatic hydroxyl groups excluding tert-OH is 1. The Bertz CT molecular complexity index is 1290. The molecule has 1 unspecified atom stereocenters. The number of carbonyl (C=O) groups is 1. The largest absolute Gasteiger partial charge is 0.378 e. The Morgan fingerprint density at radius 3 is 2.73 bits per heavy atom. The Kier molecular flexibility index (Phi) is 5.89. The number of hydrogen-bond acceptors (Lipinski definition) is 4. The van der Waals surface area contributed by atoms with Gasteiger partial charge in [0.2, 0.25) is 0 Å². The van der Waals surface area contributed by atoms with Crippen LogP contribution in [0.1, 0.15) is 53.6 Å². The molecule has 2 aliphatic rings. The zero-order valence-corrected chi connectivity index (χ0v) is 20.2. The van der Waals surface area contributed by atoms with Gasteiger partial charge in [-0.25, -0.2) is 4.98 Å². The van der Waals surface area contributed by atoms with Gasteiger partial charge in [-0.2, -0.15) is 0 Å². The van der Waals surface area contributed by atoms with E-state index in [9.17, 15) is 14.7 Å². The van der Waals surface area contributed by atoms with Crippen LogP contribution in [0.5, 0.6) is 0 Å². The highest BCUT2D eigenvalue weighted by Crippen LogP contribution is 2.52. The molecule has 1 aromatic heterocycles. The lowest BCUT2D eigenvalue weighted by molar-refractivity contribution is -0.141. The molecule has 1 fully saturated rings. The Morgan fingerprint density at radius 2 is 2.00 bits per heavy atom. The zero-order valence-electron chi connectivity index (χ0n) is 17.9. The number of carbonyl (C=O) groups excluding carboxylic acids is 1. The van der Waals surface area contributed by atoms with E-state index in [0.717, 1.165) is 28.6 Å². The molecule has 1 amide bonds. The minimum Gasteiger partial charge on any atom is -0.378 e. The summed E-state index contributed by atoms with van der Waals surface area (Å²) in [5.41, 5.74) is 2.32. The highest BCUT2D eigenvalue weighted by molar-refractivity contribution is 9.10. The minimum absolute atomic E-state index is 0.123. The molecule has 2 aromatic carbocycles. The van der Waals surface area contributed by atoms with Crippen LogP contribution < -0.4 is 5.56 Å². The molecule has 3 aromatic rings. The van der Waals surface area contributed by atoms with Crippen LogP contribution >= 0.6 is 27.5 Å². The van der Waals surface area contributed by atoms with Crippen LogP contribution in [0.15, 0.2) is 57.8 Å². The molecule has 8 heteroatoms. The second kappa shape index (κ2) is 8.70. The molecule has 2 heterocycles. The number of H-pyrrole nitrogens is 1. The first-order valence-electron chi connectivity index (χ1n) is 11.0. The van der Waals surface area contributed by atoms with Crippen LogP contribution in [0.3, 0.4) is 0 Å². The molecule has 1 aliphatic heterocycles. The molecule has 170 valence electrons. The maximum absolute atomic E-state index is 13.1. The van der Waals surface area contributed by atoms with E-state index < -0.39 is 12.0 Å². The highest BCUT2D eigenvalue weighted by Gasteiger charge is 2.48. The molecule has 0 bridgehead atoms. The van der Waals surface area contributed by atoms with E-state index in [0.29, 0.717) is 41.4 Å². The highest BCUT2D eigenvalue weighted by atomic mass is 79.9. The van der Waals surface area contributed by atoms with Crippen molar-refractivity contribution in [1.82, 2.24) is 14.9 Å². The summed E-state index contributed by atoms with van der Waals surface area (Å²) in [5.74, 6) is 0.254. The number of fused-ring (bicyclic) bond motifs is 1. The predicted octanol–water partition coefficient (Wildman–Crippen LogP) is 4.27. The van der Waals surface area contributed by atoms with Gasteiger partial charge in [0.15, 0.2) is 6.10 Å². The van der Waals surface area contributed by atoms with E-state index in [-0.39, 0.29) is 17.5 Å². The van der Waals surface area contributed by atoms with Crippen molar-refractivity contribution in [2.45, 2.75) is 43.7 Å². The topological polar surface area (TPSA) is 86.3 Å². The maximum Gasteiger partial charge on any atom is 0.256 e. The Hall–Kier alpha value is -2.48. The molecule has 1 saturated carbocycles. The third kappa shape index (κ3) is 4.25. The van der Waals surface area contributed by atoms with Crippen molar-refractivity contribution < 1.29 is 9.90 Å². The lowest BCUT2D eigenvalue weighted by Gasteiger charge is -2.24. The van der Waals surface area contributed by atoms with Gasteiger partial charge in [0.25, 0.3) is 11.5 Å². The number of rotatable bonds is 4. The number of halogens is 2. The zero-order chi connectivity index (χ0) is 23.2. The molecular weight excluding hydrogens is 506 g/mol. The van der Waals surface area contributed by atoms with E-state index in [1.165, 1.54) is 4.90 Å². The first kappa shape index (κ1) is 22.3. The summed E-state index contributed by atoms with van der Waals surface area (Å²) in [6.45, 7) is 0.566. The average Bonchev–Trinajstić information content (AvgIpc) is 3.62. The lowest BCUT2D eigenvalue weighted by atomic mass is 9.94. The molecule has 5 rings (SSSR count). The fourth-order valence-electron chi connectivity index (χ4n) is 4.60. The first-order valence-corrected chi connectivity index (χ1v) is 12.2. The number of aromatic amines is 1. The number of benzene rings is 2. The summed E-state index contributed by atoms with van der Waals surface area (Å²) in [6.07, 6.45) is 1.81. The van der Waals surface area contributed by atoms with Gasteiger partial charge in [-0.05, 0) is 61.1 Å². The summed E-state index contributed by atoms with van der Waals surface area (Å²) >= 11 is 9.55. The molecule has 2 N–H and O–H groups in total. The molecular formula is C25H23BrClN3O3. The third-order valence-corrected chi connectivity index (χ3v) is 7.31. The number of amides is 1. The molecule has 1 atom stereocenters. The smallest absolute Gasteiger partial charge is 0.256 e. The van der Waals surface area contributed by atoms with E-state index in [4.69, 9.17) is 16.6 Å². The van der Waals surface area contributed by atoms with Crippen molar-refractivity contribution in [3.63, 3.8) is 0 Å². The second-order valence-corrected chi connectivity index (χ2v) is 10.1. The fourth-order valence-corrected chi connectivity index (χ4v) is 5.20.